The van der Waals surface area contributed by atoms with Crippen LogP contribution in [0.3, 0.4) is 0 Å². The lowest BCUT2D eigenvalue weighted by Gasteiger charge is -2.34. The zero-order valence-electron chi connectivity index (χ0n) is 25.2. The lowest BCUT2D eigenvalue weighted by molar-refractivity contribution is -0.114. The van der Waals surface area contributed by atoms with Gasteiger partial charge in [-0.3, -0.25) is 4.79 Å². The van der Waals surface area contributed by atoms with Crippen molar-refractivity contribution < 1.29 is 9.53 Å². The Kier molecular flexibility index (Phi) is 9.14. The zero-order chi connectivity index (χ0) is 30.3. The van der Waals surface area contributed by atoms with Crippen LogP contribution in [0, 0.1) is 0 Å². The molecule has 0 atom stereocenters. The number of carbonyl (C=O) groups is 1. The topological polar surface area (TPSA) is 85.9 Å². The number of ketones is 1. The van der Waals surface area contributed by atoms with Crippen LogP contribution in [0.5, 0.6) is 0 Å². The first-order valence-corrected chi connectivity index (χ1v) is 15.2. The van der Waals surface area contributed by atoms with Gasteiger partial charge in [-0.15, -0.1) is 0 Å². The van der Waals surface area contributed by atoms with Crippen molar-refractivity contribution in [3.8, 4) is 11.3 Å². The van der Waals surface area contributed by atoms with Gasteiger partial charge in [0.15, 0.2) is 5.78 Å². The minimum absolute atomic E-state index is 0.0182. The van der Waals surface area contributed by atoms with Crippen LogP contribution in [0.4, 0.5) is 34.5 Å². The van der Waals surface area contributed by atoms with Crippen molar-refractivity contribution in [2.75, 3.05) is 80.0 Å². The fourth-order valence-corrected chi connectivity index (χ4v) is 5.53. The number of anilines is 6. The molecule has 2 N–H and O–H groups in total. The van der Waals surface area contributed by atoms with Gasteiger partial charge in [0.05, 0.1) is 18.9 Å². The number of morpholine rings is 1. The first-order chi connectivity index (χ1) is 21.5. The van der Waals surface area contributed by atoms with Gasteiger partial charge in [0.2, 0.25) is 5.95 Å². The van der Waals surface area contributed by atoms with Crippen molar-refractivity contribution >= 4 is 40.3 Å². The van der Waals surface area contributed by atoms with Crippen LogP contribution in [0.25, 0.3) is 11.3 Å². The maximum Gasteiger partial charge on any atom is 0.229 e. The molecule has 2 aliphatic rings. The highest BCUT2D eigenvalue weighted by Crippen LogP contribution is 2.28. The molecule has 0 unspecified atom stereocenters. The number of piperazine rings is 1. The van der Waals surface area contributed by atoms with E-state index >= 15 is 0 Å². The lowest BCUT2D eigenvalue weighted by atomic mass is 10.0. The fourth-order valence-electron chi connectivity index (χ4n) is 5.53. The number of benzene rings is 3. The van der Waals surface area contributed by atoms with Gasteiger partial charge in [0.1, 0.15) is 5.82 Å². The molecule has 2 fully saturated rings. The molecule has 1 aromatic heterocycles. The SMILES string of the molecule is C=CC(=O)Cc1cccc(-c2cc(Nc3ccc(N4CCOCC4)cc3)nc(Nc3cccc(N4CCN(C)CC4)c3)n2)c1. The molecule has 2 saturated heterocycles. The number of carbonyl (C=O) groups excluding carboxylic acids is 1. The molecule has 0 amide bonds. The minimum atomic E-state index is -0.0182. The summed E-state index contributed by atoms with van der Waals surface area (Å²) in [6.07, 6.45) is 1.66. The summed E-state index contributed by atoms with van der Waals surface area (Å²) in [5, 5.41) is 6.93. The normalized spacial score (nSPS) is 15.6. The summed E-state index contributed by atoms with van der Waals surface area (Å²) < 4.78 is 5.50. The van der Waals surface area contributed by atoms with E-state index < -0.39 is 0 Å². The minimum Gasteiger partial charge on any atom is -0.378 e. The second kappa shape index (κ2) is 13.7. The maximum absolute atomic E-state index is 12.0. The van der Waals surface area contributed by atoms with E-state index in [1.54, 1.807) is 0 Å². The highest BCUT2D eigenvalue weighted by molar-refractivity contribution is 5.91. The third kappa shape index (κ3) is 7.42. The number of rotatable bonds is 10. The lowest BCUT2D eigenvalue weighted by Crippen LogP contribution is -2.44. The van der Waals surface area contributed by atoms with Gasteiger partial charge >= 0.3 is 0 Å². The highest BCUT2D eigenvalue weighted by atomic mass is 16.5. The van der Waals surface area contributed by atoms with Crippen LogP contribution < -0.4 is 20.4 Å². The van der Waals surface area contributed by atoms with Crippen LogP contribution in [-0.4, -0.2) is 80.2 Å². The van der Waals surface area contributed by atoms with Crippen molar-refractivity contribution in [1.82, 2.24) is 14.9 Å². The van der Waals surface area contributed by atoms with Crippen LogP contribution in [-0.2, 0) is 16.0 Å². The van der Waals surface area contributed by atoms with Gasteiger partial charge in [-0.25, -0.2) is 4.98 Å². The van der Waals surface area contributed by atoms with Gasteiger partial charge in [-0.05, 0) is 67.2 Å². The van der Waals surface area contributed by atoms with Gasteiger partial charge in [-0.2, -0.15) is 4.98 Å². The van der Waals surface area contributed by atoms with Crippen LogP contribution in [0.15, 0.2) is 91.5 Å². The van der Waals surface area contributed by atoms with Gasteiger partial charge < -0.3 is 30.1 Å². The number of ether oxygens (including phenoxy) is 1. The van der Waals surface area contributed by atoms with Crippen molar-refractivity contribution in [2.24, 2.45) is 0 Å². The average molecular weight is 590 g/mol. The van der Waals surface area contributed by atoms with Crippen LogP contribution in [0.2, 0.25) is 0 Å². The Morgan fingerprint density at radius 1 is 0.818 bits per heavy atom. The summed E-state index contributed by atoms with van der Waals surface area (Å²) >= 11 is 0. The molecule has 0 saturated carbocycles. The van der Waals surface area contributed by atoms with Crippen LogP contribution >= 0.6 is 0 Å². The number of hydrogen-bond donors (Lipinski definition) is 2. The highest BCUT2D eigenvalue weighted by Gasteiger charge is 2.16. The molecule has 0 aliphatic carbocycles. The van der Waals surface area contributed by atoms with Crippen molar-refractivity contribution in [3.05, 3.63) is 97.1 Å². The summed E-state index contributed by atoms with van der Waals surface area (Å²) in [5.74, 6) is 1.13. The van der Waals surface area contributed by atoms with E-state index in [1.807, 2.05) is 36.4 Å². The summed E-state index contributed by atoms with van der Waals surface area (Å²) in [6, 6.07) is 26.6. The predicted octanol–water partition coefficient (Wildman–Crippen LogP) is 5.52. The smallest absolute Gasteiger partial charge is 0.229 e. The molecule has 9 heteroatoms. The maximum atomic E-state index is 12.0. The Bertz CT molecular complexity index is 1590. The van der Waals surface area contributed by atoms with Gasteiger partial charge in [-0.1, -0.05) is 30.8 Å². The molecule has 3 heterocycles. The first kappa shape index (κ1) is 29.3. The van der Waals surface area contributed by atoms with Crippen LogP contribution in [0.1, 0.15) is 5.56 Å². The molecular weight excluding hydrogens is 550 g/mol. The van der Waals surface area contributed by atoms with Crippen molar-refractivity contribution in [3.63, 3.8) is 0 Å². The van der Waals surface area contributed by atoms with E-state index in [2.05, 4.69) is 81.4 Å². The Morgan fingerprint density at radius 2 is 1.57 bits per heavy atom. The Hall–Kier alpha value is -4.73. The number of allylic oxidation sites excluding steroid dienone is 1. The number of nitrogens with zero attached hydrogens (tertiary/aromatic N) is 5. The number of likely N-dealkylation sites (N-methyl/N-ethyl adjacent to an activating group) is 1. The van der Waals surface area contributed by atoms with Crippen molar-refractivity contribution in [2.45, 2.75) is 6.42 Å². The fraction of sp³-hybridized carbons (Fsp3) is 0.286. The first-order valence-electron chi connectivity index (χ1n) is 15.2. The molecule has 9 nitrogen and oxygen atoms in total. The molecule has 0 bridgehead atoms. The zero-order valence-corrected chi connectivity index (χ0v) is 25.2. The van der Waals surface area contributed by atoms with Crippen molar-refractivity contribution in [1.29, 1.82) is 0 Å². The summed E-state index contributed by atoms with van der Waals surface area (Å²) in [4.78, 5) is 28.9. The molecule has 4 aromatic rings. The largest absolute Gasteiger partial charge is 0.378 e. The van der Waals surface area contributed by atoms with Gasteiger partial charge in [0.25, 0.3) is 0 Å². The van der Waals surface area contributed by atoms with E-state index in [-0.39, 0.29) is 5.78 Å². The Labute approximate surface area is 259 Å². The second-order valence-corrected chi connectivity index (χ2v) is 11.2. The second-order valence-electron chi connectivity index (χ2n) is 11.2. The van der Waals surface area contributed by atoms with E-state index in [1.165, 1.54) is 17.5 Å². The molecule has 2 aliphatic heterocycles. The predicted molar refractivity (Wildman–Crippen MR) is 179 cm³/mol. The summed E-state index contributed by atoms with van der Waals surface area (Å²) in [6.45, 7) is 11.0. The molecule has 0 spiro atoms. The molecule has 226 valence electrons. The molecule has 3 aromatic carbocycles. The van der Waals surface area contributed by atoms with Gasteiger partial charge in [0, 0.05) is 80.1 Å². The molecule has 44 heavy (non-hydrogen) atoms. The number of nitrogens with one attached hydrogen (secondary N) is 2. The Balaban J connectivity index is 1.28. The van der Waals surface area contributed by atoms with E-state index in [9.17, 15) is 4.79 Å². The summed E-state index contributed by atoms with van der Waals surface area (Å²) in [7, 11) is 2.16. The summed E-state index contributed by atoms with van der Waals surface area (Å²) in [5.41, 5.74) is 6.77. The standard InChI is InChI=1S/C35H39N7O2/c1-3-32(43)23-26-6-4-7-27(22-26)33-25-34(36-28-10-12-30(13-11-28)42-18-20-44-21-19-42)39-35(38-33)37-29-8-5-9-31(24-29)41-16-14-40(2)15-17-41/h3-13,22,24-25H,1,14-21,23H2,2H3,(H2,36,37,38,39). The molecule has 6 rings (SSSR count). The van der Waals surface area contributed by atoms with E-state index in [0.29, 0.717) is 18.2 Å². The quantitative estimate of drug-likeness (QED) is 0.232. The molecular formula is C35H39N7O2. The third-order valence-corrected chi connectivity index (χ3v) is 8.04. The number of hydrogen-bond acceptors (Lipinski definition) is 9. The molecule has 0 radical (unpaired) electrons. The third-order valence-electron chi connectivity index (χ3n) is 8.04. The Morgan fingerprint density at radius 3 is 2.34 bits per heavy atom. The average Bonchev–Trinajstić information content (AvgIpc) is 3.06. The monoisotopic (exact) mass is 589 g/mol. The van der Waals surface area contributed by atoms with E-state index in [4.69, 9.17) is 14.7 Å². The number of aromatic nitrogens is 2. The van der Waals surface area contributed by atoms with E-state index in [0.717, 1.165) is 80.7 Å².